The van der Waals surface area contributed by atoms with Gasteiger partial charge in [0.25, 0.3) is 0 Å². The number of hydrogen-bond donors (Lipinski definition) is 3. The molecule has 0 unspecified atom stereocenters. The zero-order valence-electron chi connectivity index (χ0n) is 7.74. The summed E-state index contributed by atoms with van der Waals surface area (Å²) >= 11 is 1.97. The molecule has 0 bridgehead atoms. The first kappa shape index (κ1) is 14.8. The van der Waals surface area contributed by atoms with Gasteiger partial charge in [-0.2, -0.15) is 11.8 Å². The van der Waals surface area contributed by atoms with Crippen LogP contribution in [0.4, 0.5) is 0 Å². The molecule has 0 aliphatic carbocycles. The van der Waals surface area contributed by atoms with Gasteiger partial charge in [0, 0.05) is 12.3 Å². The van der Waals surface area contributed by atoms with E-state index in [1.807, 2.05) is 18.8 Å². The summed E-state index contributed by atoms with van der Waals surface area (Å²) in [5, 5.41) is 17.9. The van der Waals surface area contributed by atoms with E-state index < -0.39 is 11.9 Å². The molecule has 0 aromatic carbocycles. The second-order valence-corrected chi connectivity index (χ2v) is 3.30. The zero-order chi connectivity index (χ0) is 10.7. The van der Waals surface area contributed by atoms with Crippen LogP contribution in [-0.2, 0) is 9.59 Å². The molecule has 0 rings (SSSR count). The molecule has 0 amide bonds. The van der Waals surface area contributed by atoms with Crippen molar-refractivity contribution >= 4 is 23.7 Å². The van der Waals surface area contributed by atoms with Crippen LogP contribution >= 0.6 is 11.8 Å². The van der Waals surface area contributed by atoms with Crippen LogP contribution < -0.4 is 5.32 Å². The summed E-state index contributed by atoms with van der Waals surface area (Å²) in [5.74, 6) is -1.17. The molecule has 0 radical (unpaired) electrons. The topological polar surface area (TPSA) is 86.6 Å². The highest BCUT2D eigenvalue weighted by Crippen LogP contribution is 1.93. The molecular weight excluding hydrogens is 194 g/mol. The molecule has 78 valence electrons. The van der Waals surface area contributed by atoms with E-state index in [1.54, 1.807) is 0 Å². The first-order valence-corrected chi connectivity index (χ1v) is 4.90. The normalized spacial score (nSPS) is 8.46. The summed E-state index contributed by atoms with van der Waals surface area (Å²) < 4.78 is 0. The Labute approximate surface area is 81.5 Å². The van der Waals surface area contributed by atoms with Gasteiger partial charge in [-0.3, -0.25) is 0 Å². The van der Waals surface area contributed by atoms with Gasteiger partial charge in [0.15, 0.2) is 0 Å². The summed E-state index contributed by atoms with van der Waals surface area (Å²) in [4.78, 5) is 18.2. The van der Waals surface area contributed by atoms with Crippen molar-refractivity contribution in [2.75, 3.05) is 25.1 Å². The Morgan fingerprint density at radius 3 is 2.00 bits per heavy atom. The van der Waals surface area contributed by atoms with E-state index in [9.17, 15) is 0 Å². The van der Waals surface area contributed by atoms with Crippen LogP contribution in [0.5, 0.6) is 0 Å². The number of carbonyl (C=O) groups is 2. The number of carboxylic acid groups (broad SMARTS) is 2. The lowest BCUT2D eigenvalue weighted by Gasteiger charge is -1.93. The third kappa shape index (κ3) is 18.3. The summed E-state index contributed by atoms with van der Waals surface area (Å²) in [5.41, 5.74) is 0. The number of nitrogens with one attached hydrogen (secondary N) is 1. The van der Waals surface area contributed by atoms with Crippen molar-refractivity contribution in [2.45, 2.75) is 6.92 Å². The average Bonchev–Trinajstić information content (AvgIpc) is 2.06. The molecule has 5 nitrogen and oxygen atoms in total. The Morgan fingerprint density at radius 2 is 1.77 bits per heavy atom. The highest BCUT2D eigenvalue weighted by Gasteiger charge is 2.04. The molecule has 13 heavy (non-hydrogen) atoms. The van der Waals surface area contributed by atoms with Crippen LogP contribution in [0.2, 0.25) is 0 Å². The molecule has 0 aromatic heterocycles. The van der Waals surface area contributed by atoms with Gasteiger partial charge in [0.05, 0.1) is 0 Å². The third-order valence-electron chi connectivity index (χ3n) is 0.883. The monoisotopic (exact) mass is 209 g/mol. The minimum Gasteiger partial charge on any atom is -0.473 e. The Balaban J connectivity index is 0. The fourth-order valence-electron chi connectivity index (χ4n) is 0.319. The Hall–Kier alpha value is -0.750. The van der Waals surface area contributed by atoms with Crippen LogP contribution in [0.25, 0.3) is 0 Å². The fraction of sp³-hybridized carbons (Fsp3) is 0.714. The predicted molar refractivity (Wildman–Crippen MR) is 52.2 cm³/mol. The van der Waals surface area contributed by atoms with Crippen LogP contribution in [0.3, 0.4) is 0 Å². The first-order valence-electron chi connectivity index (χ1n) is 3.74. The van der Waals surface area contributed by atoms with E-state index in [0.717, 1.165) is 6.54 Å². The van der Waals surface area contributed by atoms with Gasteiger partial charge in [-0.25, -0.2) is 9.59 Å². The van der Waals surface area contributed by atoms with E-state index >= 15 is 0 Å². The predicted octanol–water partition coefficient (Wildman–Crippen LogP) is 0.114. The molecule has 0 aliphatic rings. The fourth-order valence-corrected chi connectivity index (χ4v) is 0.956. The summed E-state index contributed by atoms with van der Waals surface area (Å²) in [6.45, 7) is 3.32. The van der Waals surface area contributed by atoms with Crippen molar-refractivity contribution in [3.05, 3.63) is 0 Å². The van der Waals surface area contributed by atoms with Crippen LogP contribution in [0.1, 0.15) is 6.92 Å². The molecule has 0 saturated carbocycles. The van der Waals surface area contributed by atoms with Crippen LogP contribution in [0, 0.1) is 0 Å². The lowest BCUT2D eigenvalue weighted by atomic mass is 10.7. The summed E-state index contributed by atoms with van der Waals surface area (Å²) in [6, 6.07) is 0. The number of aliphatic carboxylic acids is 2. The van der Waals surface area contributed by atoms with Gasteiger partial charge in [-0.05, 0) is 12.8 Å². The summed E-state index contributed by atoms with van der Waals surface area (Å²) in [6.07, 6.45) is 0. The van der Waals surface area contributed by atoms with E-state index in [4.69, 9.17) is 19.8 Å². The van der Waals surface area contributed by atoms with Crippen LogP contribution in [0.15, 0.2) is 0 Å². The molecule has 0 aliphatic heterocycles. The number of carboxylic acids is 2. The maximum atomic E-state index is 9.10. The second kappa shape index (κ2) is 11.2. The highest BCUT2D eigenvalue weighted by molar-refractivity contribution is 7.99. The van der Waals surface area contributed by atoms with Crippen molar-refractivity contribution in [3.63, 3.8) is 0 Å². The zero-order valence-corrected chi connectivity index (χ0v) is 8.56. The average molecular weight is 209 g/mol. The van der Waals surface area contributed by atoms with Gasteiger partial charge < -0.3 is 15.5 Å². The quantitative estimate of drug-likeness (QED) is 0.450. The molecule has 0 atom stereocenters. The van der Waals surface area contributed by atoms with E-state index in [2.05, 4.69) is 12.2 Å². The van der Waals surface area contributed by atoms with Crippen LogP contribution in [-0.4, -0.2) is 47.2 Å². The van der Waals surface area contributed by atoms with Crippen molar-refractivity contribution in [1.29, 1.82) is 0 Å². The maximum Gasteiger partial charge on any atom is 0.414 e. The molecule has 3 N–H and O–H groups in total. The van der Waals surface area contributed by atoms with E-state index in [1.165, 1.54) is 11.5 Å². The minimum absolute atomic E-state index is 1.14. The van der Waals surface area contributed by atoms with Crippen molar-refractivity contribution in [3.8, 4) is 0 Å². The van der Waals surface area contributed by atoms with Crippen molar-refractivity contribution < 1.29 is 19.8 Å². The standard InChI is InChI=1S/C5H13NS.C2H2O4/c1-3-7-5-4-6-2;3-1(4)2(5)6/h6H,3-5H2,1-2H3;(H,3,4)(H,5,6). The molecule has 0 heterocycles. The van der Waals surface area contributed by atoms with Gasteiger partial charge in [0.1, 0.15) is 0 Å². The Kier molecular flexibility index (Phi) is 12.8. The van der Waals surface area contributed by atoms with E-state index in [0.29, 0.717) is 0 Å². The molecular formula is C7H15NO4S. The molecule has 6 heteroatoms. The number of rotatable bonds is 4. The van der Waals surface area contributed by atoms with E-state index in [-0.39, 0.29) is 0 Å². The molecule has 0 fully saturated rings. The third-order valence-corrected chi connectivity index (χ3v) is 1.78. The largest absolute Gasteiger partial charge is 0.473 e. The Bertz CT molecular complexity index is 135. The smallest absolute Gasteiger partial charge is 0.414 e. The molecule has 0 saturated heterocycles. The van der Waals surface area contributed by atoms with Crippen molar-refractivity contribution in [2.24, 2.45) is 0 Å². The number of hydrogen-bond acceptors (Lipinski definition) is 4. The van der Waals surface area contributed by atoms with Gasteiger partial charge >= 0.3 is 11.9 Å². The second-order valence-electron chi connectivity index (χ2n) is 1.91. The van der Waals surface area contributed by atoms with Gasteiger partial charge in [0.2, 0.25) is 0 Å². The van der Waals surface area contributed by atoms with Gasteiger partial charge in [-0.1, -0.05) is 6.92 Å². The molecule has 0 spiro atoms. The lowest BCUT2D eigenvalue weighted by molar-refractivity contribution is -0.159. The summed E-state index contributed by atoms with van der Waals surface area (Å²) in [7, 11) is 1.98. The Morgan fingerprint density at radius 1 is 1.31 bits per heavy atom. The van der Waals surface area contributed by atoms with Crippen molar-refractivity contribution in [1.82, 2.24) is 5.32 Å². The molecule has 0 aromatic rings. The van der Waals surface area contributed by atoms with Gasteiger partial charge in [-0.15, -0.1) is 0 Å². The maximum absolute atomic E-state index is 9.10. The lowest BCUT2D eigenvalue weighted by Crippen LogP contribution is -2.09. The highest BCUT2D eigenvalue weighted by atomic mass is 32.2. The number of thioether (sulfide) groups is 1. The first-order chi connectivity index (χ1) is 6.06. The SMILES string of the molecule is CCSCCNC.O=C(O)C(=O)O. The minimum atomic E-state index is -1.82.